The van der Waals surface area contributed by atoms with Gasteiger partial charge in [-0.25, -0.2) is 5.10 Å². The van der Waals surface area contributed by atoms with Crippen LogP contribution in [0.1, 0.15) is 0 Å². The molecule has 1 rings (SSSR count). The smallest absolute Gasteiger partial charge is 0.355 e. The summed E-state index contributed by atoms with van der Waals surface area (Å²) >= 11 is 0. The van der Waals surface area contributed by atoms with E-state index < -0.39 is 5.03 Å². The maximum atomic E-state index is 9.62. The summed E-state index contributed by atoms with van der Waals surface area (Å²) in [5.74, 6) is 0. The Bertz CT molecular complexity index is 197. The van der Waals surface area contributed by atoms with E-state index in [1.54, 1.807) is 0 Å². The number of rotatable bonds is 2. The first kappa shape index (κ1) is 9.08. The summed E-state index contributed by atoms with van der Waals surface area (Å²) in [5, 5.41) is 15.3. The van der Waals surface area contributed by atoms with E-state index in [1.807, 2.05) is 0 Å². The molecule has 1 aromatic heterocycles. The molecule has 0 aliphatic rings. The van der Waals surface area contributed by atoms with Gasteiger partial charge >= 0.3 is 22.4 Å². The zero-order valence-corrected chi connectivity index (χ0v) is 5.99. The van der Waals surface area contributed by atoms with Crippen LogP contribution in [0.2, 0.25) is 0 Å². The first-order chi connectivity index (χ1) is 4.29. The Morgan fingerprint density at radius 1 is 1.70 bits per heavy atom. The third-order valence-corrected chi connectivity index (χ3v) is 0.575. The Balaban J connectivity index is 0.000000810. The largest absolute Gasteiger partial charge is 1.00 e. The molecule has 1 aromatic rings. The molecule has 0 unspecified atom stereocenters. The maximum absolute atomic E-state index is 9.62. The van der Waals surface area contributed by atoms with Gasteiger partial charge in [0, 0.05) is 0 Å². The van der Waals surface area contributed by atoms with E-state index in [1.165, 1.54) is 12.4 Å². The molecular weight excluding hydrogens is 234 g/mol. The van der Waals surface area contributed by atoms with E-state index in [-0.39, 0.29) is 22.4 Å². The minimum Gasteiger partial charge on any atom is -0.355 e. The fraction of sp³-hybridized carbons (Fsp3) is 0. The van der Waals surface area contributed by atoms with Gasteiger partial charge in [-0.2, -0.15) is 10.0 Å². The zero-order chi connectivity index (χ0) is 6.69. The van der Waals surface area contributed by atoms with Crippen LogP contribution in [-0.4, -0.2) is 20.1 Å². The Hall–Kier alpha value is -0.920. The third kappa shape index (κ3) is 2.58. The predicted octanol–water partition coefficient (Wildman–Crippen LogP) is -0.396. The van der Waals surface area contributed by atoms with Crippen LogP contribution in [0.15, 0.2) is 12.4 Å². The van der Waals surface area contributed by atoms with Crippen LogP contribution in [0, 0.1) is 10.1 Å². The SMILES string of the molecule is O=[N+]([O-])[N-]n1ccnn1.[Ag+]. The van der Waals surface area contributed by atoms with Crippen molar-refractivity contribution < 1.29 is 27.4 Å². The minimum absolute atomic E-state index is 0. The van der Waals surface area contributed by atoms with Crippen molar-refractivity contribution >= 4 is 0 Å². The van der Waals surface area contributed by atoms with E-state index >= 15 is 0 Å². The van der Waals surface area contributed by atoms with Crippen molar-refractivity contribution in [3.8, 4) is 0 Å². The van der Waals surface area contributed by atoms with Crippen molar-refractivity contribution in [1.82, 2.24) is 15.1 Å². The normalized spacial score (nSPS) is 8.00. The molecular formula is C2H2AgN5O2. The Morgan fingerprint density at radius 3 is 2.80 bits per heavy atom. The maximum Gasteiger partial charge on any atom is 1.00 e. The van der Waals surface area contributed by atoms with Crippen LogP contribution in [-0.2, 0) is 22.4 Å². The van der Waals surface area contributed by atoms with E-state index in [0.29, 0.717) is 0 Å². The molecule has 0 N–H and O–H groups in total. The molecule has 0 aliphatic heterocycles. The summed E-state index contributed by atoms with van der Waals surface area (Å²) in [6.07, 6.45) is 2.57. The summed E-state index contributed by atoms with van der Waals surface area (Å²) in [4.78, 5) is 10.4. The van der Waals surface area contributed by atoms with Gasteiger partial charge in [-0.05, 0) is 5.03 Å². The fourth-order valence-electron chi connectivity index (χ4n) is 0.325. The van der Waals surface area contributed by atoms with Gasteiger partial charge in [0.05, 0.1) is 6.20 Å². The number of hydrogen-bond donors (Lipinski definition) is 0. The molecule has 0 aromatic carbocycles. The molecule has 0 radical (unpaired) electrons. The number of hydrogen-bond acceptors (Lipinski definition) is 4. The molecule has 7 nitrogen and oxygen atoms in total. The van der Waals surface area contributed by atoms with Crippen LogP contribution in [0.25, 0.3) is 5.53 Å². The van der Waals surface area contributed by atoms with Gasteiger partial charge in [0.15, 0.2) is 0 Å². The summed E-state index contributed by atoms with van der Waals surface area (Å²) in [6, 6.07) is 0. The van der Waals surface area contributed by atoms with E-state index in [2.05, 4.69) is 15.8 Å². The molecule has 1 heterocycles. The monoisotopic (exact) mass is 235 g/mol. The molecule has 0 saturated carbocycles. The van der Waals surface area contributed by atoms with E-state index in [0.717, 1.165) is 4.79 Å². The van der Waals surface area contributed by atoms with Gasteiger partial charge in [0.2, 0.25) is 0 Å². The Morgan fingerprint density at radius 2 is 2.40 bits per heavy atom. The second-order valence-electron chi connectivity index (χ2n) is 1.15. The minimum atomic E-state index is -0.852. The van der Waals surface area contributed by atoms with Crippen molar-refractivity contribution in [2.45, 2.75) is 0 Å². The van der Waals surface area contributed by atoms with Gasteiger partial charge in [-0.3, -0.25) is 0 Å². The van der Waals surface area contributed by atoms with Gasteiger partial charge in [0.1, 0.15) is 6.20 Å². The van der Waals surface area contributed by atoms with Gasteiger partial charge in [0.25, 0.3) is 0 Å². The number of nitrogens with zero attached hydrogens (tertiary/aromatic N) is 5. The first-order valence-corrected chi connectivity index (χ1v) is 2.01. The molecule has 0 atom stereocenters. The second kappa shape index (κ2) is 3.99. The van der Waals surface area contributed by atoms with Gasteiger partial charge in [-0.1, -0.05) is 5.53 Å². The standard InChI is InChI=1S/C2H2N5O2.Ag/c8-7(9)5-6-2-1-3-4-6;/h1-2H;/q-1;+1. The first-order valence-electron chi connectivity index (χ1n) is 2.01. The predicted molar refractivity (Wildman–Crippen MR) is 25.8 cm³/mol. The molecule has 0 amide bonds. The zero-order valence-electron chi connectivity index (χ0n) is 4.51. The summed E-state index contributed by atoms with van der Waals surface area (Å²) < 4.78 is 0. The van der Waals surface area contributed by atoms with Gasteiger partial charge in [-0.15, -0.1) is 0 Å². The van der Waals surface area contributed by atoms with E-state index in [9.17, 15) is 10.1 Å². The summed E-state index contributed by atoms with van der Waals surface area (Å²) in [6.45, 7) is 0. The Labute approximate surface area is 71.0 Å². The number of aromatic nitrogens is 3. The topological polar surface area (TPSA) is 88.0 Å². The summed E-state index contributed by atoms with van der Waals surface area (Å²) in [7, 11) is 0. The van der Waals surface area contributed by atoms with Crippen molar-refractivity contribution in [1.29, 1.82) is 0 Å². The third-order valence-electron chi connectivity index (χ3n) is 0.575. The van der Waals surface area contributed by atoms with Crippen molar-refractivity contribution in [3.63, 3.8) is 0 Å². The quantitative estimate of drug-likeness (QED) is 0.397. The Kier molecular flexibility index (Phi) is 3.62. The van der Waals surface area contributed by atoms with Gasteiger partial charge < -0.3 is 10.1 Å². The molecule has 58 valence electrons. The van der Waals surface area contributed by atoms with E-state index in [4.69, 9.17) is 0 Å². The van der Waals surface area contributed by atoms with Crippen LogP contribution in [0.3, 0.4) is 0 Å². The average Bonchev–Trinajstić information content (AvgIpc) is 2.15. The molecule has 0 bridgehead atoms. The number of nitro groups is 1. The van der Waals surface area contributed by atoms with Crippen molar-refractivity contribution in [2.24, 2.45) is 0 Å². The van der Waals surface area contributed by atoms with Crippen LogP contribution in [0.5, 0.6) is 0 Å². The average molecular weight is 236 g/mol. The molecule has 0 aliphatic carbocycles. The molecule has 10 heavy (non-hydrogen) atoms. The van der Waals surface area contributed by atoms with Crippen LogP contribution >= 0.6 is 0 Å². The molecule has 0 saturated heterocycles. The molecule has 8 heteroatoms. The summed E-state index contributed by atoms with van der Waals surface area (Å²) in [5.41, 5.74) is 2.78. The van der Waals surface area contributed by atoms with Crippen LogP contribution in [0.4, 0.5) is 0 Å². The van der Waals surface area contributed by atoms with Crippen molar-refractivity contribution in [3.05, 3.63) is 28.0 Å². The van der Waals surface area contributed by atoms with Crippen molar-refractivity contribution in [2.75, 3.05) is 0 Å². The fourth-order valence-corrected chi connectivity index (χ4v) is 0.325. The molecule has 0 spiro atoms. The molecule has 0 fully saturated rings. The second-order valence-corrected chi connectivity index (χ2v) is 1.15. The van der Waals surface area contributed by atoms with Crippen LogP contribution < -0.4 is 0 Å².